The predicted octanol–water partition coefficient (Wildman–Crippen LogP) is 3.89. The lowest BCUT2D eigenvalue weighted by molar-refractivity contribution is -0.382. The van der Waals surface area contributed by atoms with E-state index in [-0.39, 0.29) is 10.6 Å². The number of rotatable bonds is 3. The summed E-state index contributed by atoms with van der Waals surface area (Å²) in [5.74, 6) is 0. The molecule has 1 heterocycles. The van der Waals surface area contributed by atoms with Crippen LogP contribution in [0.25, 0.3) is 10.9 Å². The van der Waals surface area contributed by atoms with E-state index < -0.39 is 0 Å². The zero-order valence-electron chi connectivity index (χ0n) is 11.2. The van der Waals surface area contributed by atoms with Gasteiger partial charge in [-0.25, -0.2) is 0 Å². The number of nitrogens with one attached hydrogen (secondary N) is 1. The molecule has 104 valence electrons. The molecule has 3 rings (SSSR count). The number of hydrogen-bond donors (Lipinski definition) is 1. The Balaban J connectivity index is 2.01. The lowest BCUT2D eigenvalue weighted by Crippen LogP contribution is -2.22. The quantitative estimate of drug-likeness (QED) is 0.679. The summed E-state index contributed by atoms with van der Waals surface area (Å²) >= 11 is 0. The molecule has 0 unspecified atom stereocenters. The van der Waals surface area contributed by atoms with Crippen LogP contribution in [0.4, 0.5) is 11.4 Å². The highest BCUT2D eigenvalue weighted by atomic mass is 16.6. The number of anilines is 1. The van der Waals surface area contributed by atoms with Crippen molar-refractivity contribution in [2.24, 2.45) is 0 Å². The van der Waals surface area contributed by atoms with E-state index in [0.29, 0.717) is 22.6 Å². The summed E-state index contributed by atoms with van der Waals surface area (Å²) in [6.45, 7) is 0. The summed E-state index contributed by atoms with van der Waals surface area (Å²) in [7, 11) is 0. The van der Waals surface area contributed by atoms with Crippen molar-refractivity contribution in [2.45, 2.75) is 38.1 Å². The molecule has 1 aliphatic rings. The average molecular weight is 271 g/mol. The summed E-state index contributed by atoms with van der Waals surface area (Å²) in [6.07, 6.45) is 7.48. The lowest BCUT2D eigenvalue weighted by atomic mass is 9.95. The zero-order chi connectivity index (χ0) is 13.9. The highest BCUT2D eigenvalue weighted by molar-refractivity contribution is 5.94. The first kappa shape index (κ1) is 12.8. The van der Waals surface area contributed by atoms with Crippen molar-refractivity contribution in [3.8, 4) is 0 Å². The van der Waals surface area contributed by atoms with Crippen LogP contribution < -0.4 is 5.32 Å². The van der Waals surface area contributed by atoms with Crippen molar-refractivity contribution in [1.82, 2.24) is 4.98 Å². The van der Waals surface area contributed by atoms with Crippen LogP contribution in [0, 0.1) is 10.1 Å². The summed E-state index contributed by atoms with van der Waals surface area (Å²) < 4.78 is 0. The van der Waals surface area contributed by atoms with Crippen LogP contribution in [-0.2, 0) is 0 Å². The second-order valence-corrected chi connectivity index (χ2v) is 5.27. The summed E-state index contributed by atoms with van der Waals surface area (Å²) in [5.41, 5.74) is 1.41. The molecule has 1 N–H and O–H groups in total. The van der Waals surface area contributed by atoms with Gasteiger partial charge in [-0.05, 0) is 37.1 Å². The topological polar surface area (TPSA) is 68.1 Å². The molecule has 1 aliphatic carbocycles. The molecule has 5 nitrogen and oxygen atoms in total. The number of nitrogens with zero attached hydrogens (tertiary/aromatic N) is 2. The van der Waals surface area contributed by atoms with Gasteiger partial charge >= 0.3 is 5.69 Å². The molecule has 0 amide bonds. The Morgan fingerprint density at radius 2 is 2.00 bits per heavy atom. The second-order valence-electron chi connectivity index (χ2n) is 5.27. The minimum absolute atomic E-state index is 0.140. The standard InChI is InChI=1S/C15H17N3O2/c19-18(20)15-12-7-4-10-16-13(12)8-9-14(15)17-11-5-2-1-3-6-11/h4,7-11,17H,1-3,5-6H2. The third-order valence-electron chi connectivity index (χ3n) is 3.90. The van der Waals surface area contributed by atoms with Gasteiger partial charge < -0.3 is 5.32 Å². The van der Waals surface area contributed by atoms with Crippen molar-refractivity contribution >= 4 is 22.3 Å². The monoisotopic (exact) mass is 271 g/mol. The van der Waals surface area contributed by atoms with Gasteiger partial charge in [0.25, 0.3) is 0 Å². The van der Waals surface area contributed by atoms with Crippen molar-refractivity contribution in [3.63, 3.8) is 0 Å². The molecular weight excluding hydrogens is 254 g/mol. The SMILES string of the molecule is O=[N+]([O-])c1c(NC2CCCCC2)ccc2ncccc12. The van der Waals surface area contributed by atoms with Crippen molar-refractivity contribution in [3.05, 3.63) is 40.6 Å². The number of nitro benzene ring substituents is 1. The fourth-order valence-electron chi connectivity index (χ4n) is 2.92. The number of hydrogen-bond acceptors (Lipinski definition) is 4. The van der Waals surface area contributed by atoms with Crippen LogP contribution in [0.1, 0.15) is 32.1 Å². The van der Waals surface area contributed by atoms with Crippen LogP contribution in [0.5, 0.6) is 0 Å². The Labute approximate surface area is 117 Å². The molecule has 20 heavy (non-hydrogen) atoms. The second kappa shape index (κ2) is 5.45. The molecule has 1 fully saturated rings. The fraction of sp³-hybridized carbons (Fsp3) is 0.400. The van der Waals surface area contributed by atoms with Gasteiger partial charge in [0.1, 0.15) is 5.69 Å². The number of fused-ring (bicyclic) bond motifs is 1. The molecule has 1 aromatic heterocycles. The summed E-state index contributed by atoms with van der Waals surface area (Å²) in [6, 6.07) is 7.46. The van der Waals surface area contributed by atoms with Crippen molar-refractivity contribution in [2.75, 3.05) is 5.32 Å². The van der Waals surface area contributed by atoms with Gasteiger partial charge in [0.2, 0.25) is 0 Å². The maximum absolute atomic E-state index is 11.4. The molecule has 0 spiro atoms. The van der Waals surface area contributed by atoms with Gasteiger partial charge in [-0.2, -0.15) is 0 Å². The Hall–Kier alpha value is -2.17. The van der Waals surface area contributed by atoms with Crippen LogP contribution in [0.3, 0.4) is 0 Å². The van der Waals surface area contributed by atoms with Gasteiger partial charge in [0.15, 0.2) is 0 Å². The van der Waals surface area contributed by atoms with Gasteiger partial charge in [-0.15, -0.1) is 0 Å². The summed E-state index contributed by atoms with van der Waals surface area (Å²) in [4.78, 5) is 15.3. The fourth-order valence-corrected chi connectivity index (χ4v) is 2.92. The van der Waals surface area contributed by atoms with E-state index in [0.717, 1.165) is 12.8 Å². The first-order valence-electron chi connectivity index (χ1n) is 7.04. The number of nitro groups is 1. The van der Waals surface area contributed by atoms with E-state index >= 15 is 0 Å². The maximum atomic E-state index is 11.4. The lowest BCUT2D eigenvalue weighted by Gasteiger charge is -2.23. The highest BCUT2D eigenvalue weighted by Crippen LogP contribution is 2.34. The van der Waals surface area contributed by atoms with Crippen LogP contribution in [-0.4, -0.2) is 15.9 Å². The molecule has 0 atom stereocenters. The van der Waals surface area contributed by atoms with Gasteiger partial charge in [0.05, 0.1) is 15.8 Å². The molecule has 0 radical (unpaired) electrons. The molecule has 1 aromatic carbocycles. The van der Waals surface area contributed by atoms with Gasteiger partial charge in [-0.3, -0.25) is 15.1 Å². The van der Waals surface area contributed by atoms with E-state index in [4.69, 9.17) is 0 Å². The molecule has 0 saturated heterocycles. The van der Waals surface area contributed by atoms with Crippen LogP contribution >= 0.6 is 0 Å². The smallest absolute Gasteiger partial charge is 0.301 e. The average Bonchev–Trinajstić information content (AvgIpc) is 2.47. The zero-order valence-corrected chi connectivity index (χ0v) is 11.2. The Kier molecular flexibility index (Phi) is 3.50. The van der Waals surface area contributed by atoms with E-state index in [1.165, 1.54) is 19.3 Å². The molecule has 1 saturated carbocycles. The maximum Gasteiger partial charge on any atom is 0.301 e. The Morgan fingerprint density at radius 3 is 2.75 bits per heavy atom. The highest BCUT2D eigenvalue weighted by Gasteiger charge is 2.22. The number of aromatic nitrogens is 1. The third kappa shape index (κ3) is 2.43. The molecule has 0 bridgehead atoms. The minimum atomic E-state index is -0.310. The predicted molar refractivity (Wildman–Crippen MR) is 78.9 cm³/mol. The number of benzene rings is 1. The first-order chi connectivity index (χ1) is 9.75. The third-order valence-corrected chi connectivity index (χ3v) is 3.90. The van der Waals surface area contributed by atoms with Gasteiger partial charge in [0, 0.05) is 12.2 Å². The van der Waals surface area contributed by atoms with Crippen LogP contribution in [0.15, 0.2) is 30.5 Å². The summed E-state index contributed by atoms with van der Waals surface area (Å²) in [5, 5.41) is 15.4. The van der Waals surface area contributed by atoms with E-state index in [2.05, 4.69) is 10.3 Å². The molecule has 2 aromatic rings. The Morgan fingerprint density at radius 1 is 1.20 bits per heavy atom. The molecular formula is C15H17N3O2. The number of pyridine rings is 1. The molecule has 5 heteroatoms. The van der Waals surface area contributed by atoms with Gasteiger partial charge in [-0.1, -0.05) is 19.3 Å². The largest absolute Gasteiger partial charge is 0.377 e. The van der Waals surface area contributed by atoms with Crippen molar-refractivity contribution in [1.29, 1.82) is 0 Å². The van der Waals surface area contributed by atoms with Crippen LogP contribution in [0.2, 0.25) is 0 Å². The van der Waals surface area contributed by atoms with E-state index in [1.807, 2.05) is 6.07 Å². The van der Waals surface area contributed by atoms with E-state index in [1.54, 1.807) is 24.4 Å². The van der Waals surface area contributed by atoms with E-state index in [9.17, 15) is 10.1 Å². The normalized spacial score (nSPS) is 16.2. The minimum Gasteiger partial charge on any atom is -0.377 e. The molecule has 0 aliphatic heterocycles. The van der Waals surface area contributed by atoms with Crippen molar-refractivity contribution < 1.29 is 4.92 Å². The first-order valence-corrected chi connectivity index (χ1v) is 7.04. The Bertz CT molecular complexity index is 636.